The molecule has 1 amide bonds. The summed E-state index contributed by atoms with van der Waals surface area (Å²) in [4.78, 5) is 62.0. The number of aliphatic carboxylic acids is 4. The number of nitrogens with zero attached hydrogens (tertiary/aromatic N) is 1. The number of ether oxygens (including phenoxy) is 3. The van der Waals surface area contributed by atoms with Gasteiger partial charge >= 0.3 is 29.7 Å². The van der Waals surface area contributed by atoms with Crippen molar-refractivity contribution in [2.24, 2.45) is 0 Å². The van der Waals surface area contributed by atoms with Gasteiger partial charge in [0.1, 0.15) is 18.0 Å². The van der Waals surface area contributed by atoms with Crippen LogP contribution in [0.2, 0.25) is 0 Å². The summed E-state index contributed by atoms with van der Waals surface area (Å²) in [7, 11) is 0. The molecule has 4 atom stereocenters. The largest absolute Gasteiger partial charge is 0.480 e. The maximum atomic E-state index is 13.8. The summed E-state index contributed by atoms with van der Waals surface area (Å²) in [5.41, 5.74) is 1.41. The lowest BCUT2D eigenvalue weighted by atomic mass is 9.89. The zero-order valence-corrected chi connectivity index (χ0v) is 23.8. The smallest absolute Gasteiger partial charge is 0.377 e. The molecule has 3 aromatic carbocycles. The van der Waals surface area contributed by atoms with Crippen molar-refractivity contribution in [3.05, 3.63) is 102 Å². The number of carbonyl (C=O) groups is 5. The van der Waals surface area contributed by atoms with E-state index < -0.39 is 66.3 Å². The molecule has 0 aromatic heterocycles. The molecule has 1 aliphatic rings. The van der Waals surface area contributed by atoms with Gasteiger partial charge in [0.25, 0.3) is 5.91 Å². The van der Waals surface area contributed by atoms with Crippen LogP contribution in [0.4, 0.5) is 0 Å². The Kier molecular flexibility index (Phi) is 9.96. The highest BCUT2D eigenvalue weighted by molar-refractivity contribution is 6.02. The molecule has 1 saturated heterocycles. The summed E-state index contributed by atoms with van der Waals surface area (Å²) in [5, 5.41) is 38.4. The third-order valence-electron chi connectivity index (χ3n) is 7.05. The van der Waals surface area contributed by atoms with Crippen molar-refractivity contribution in [1.29, 1.82) is 0 Å². The van der Waals surface area contributed by atoms with Crippen LogP contribution >= 0.6 is 0 Å². The minimum Gasteiger partial charge on any atom is -0.480 e. The van der Waals surface area contributed by atoms with Gasteiger partial charge in [-0.2, -0.15) is 0 Å². The first-order valence-corrected chi connectivity index (χ1v) is 13.6. The molecule has 234 valence electrons. The van der Waals surface area contributed by atoms with Gasteiger partial charge in [-0.05, 0) is 42.3 Å². The van der Waals surface area contributed by atoms with Gasteiger partial charge in [-0.25, -0.2) is 14.4 Å². The molecule has 3 aromatic rings. The molecule has 13 nitrogen and oxygen atoms in total. The highest BCUT2D eigenvalue weighted by Gasteiger charge is 2.64. The number of carboxylic acids is 4. The Hall–Kier alpha value is -5.53. The molecule has 1 aliphatic heterocycles. The fourth-order valence-electron chi connectivity index (χ4n) is 4.80. The van der Waals surface area contributed by atoms with Crippen molar-refractivity contribution in [1.82, 2.24) is 4.90 Å². The SMILES string of the molecule is CC(C(/C=C/c1ccccc1)c1ccc(Oc2ccccc2)cc1)N(CC(=O)O)C(=O)C1OC(C(=O)O)(C(=O)O)OC1C(=O)O. The van der Waals surface area contributed by atoms with Crippen LogP contribution in [0.15, 0.2) is 91.0 Å². The minimum atomic E-state index is -3.50. The second-order valence-corrected chi connectivity index (χ2v) is 10.0. The fraction of sp³-hybridized carbons (Fsp3) is 0.219. The van der Waals surface area contributed by atoms with Gasteiger partial charge in [0.05, 0.1) is 0 Å². The number of rotatable bonds is 13. The molecule has 1 fully saturated rings. The van der Waals surface area contributed by atoms with Crippen LogP contribution in [0.25, 0.3) is 6.08 Å². The quantitative estimate of drug-likeness (QED) is 0.204. The van der Waals surface area contributed by atoms with Crippen LogP contribution in [0.3, 0.4) is 0 Å². The standard InChI is InChI=1S/C32H29NO12/c1-19(33(18-25(34)35)28(36)26-27(29(37)38)45-32(44-26,30(39)40)31(41)42)24(17-12-20-8-4-2-5-9-20)21-13-15-23(16-14-21)43-22-10-6-3-7-11-22/h2-17,19,24,26-27H,18H2,1H3,(H,34,35)(H,37,38)(H,39,40)(H,41,42)/b17-12+. The minimum absolute atomic E-state index is 0.501. The normalized spacial score (nSPS) is 18.5. The van der Waals surface area contributed by atoms with Gasteiger partial charge in [-0.15, -0.1) is 0 Å². The zero-order chi connectivity index (χ0) is 32.7. The molecule has 13 heteroatoms. The average molecular weight is 620 g/mol. The monoisotopic (exact) mass is 619 g/mol. The molecule has 0 saturated carbocycles. The number of carbonyl (C=O) groups excluding carboxylic acids is 1. The van der Waals surface area contributed by atoms with Crippen LogP contribution in [0.1, 0.15) is 24.0 Å². The molecule has 0 aliphatic carbocycles. The van der Waals surface area contributed by atoms with Gasteiger partial charge in [0, 0.05) is 12.0 Å². The highest BCUT2D eigenvalue weighted by atomic mass is 16.8. The molecular weight excluding hydrogens is 590 g/mol. The number of para-hydroxylation sites is 1. The molecule has 0 bridgehead atoms. The Morgan fingerprint density at radius 2 is 1.33 bits per heavy atom. The van der Waals surface area contributed by atoms with E-state index in [9.17, 15) is 44.4 Å². The van der Waals surface area contributed by atoms with Gasteiger partial charge < -0.3 is 39.5 Å². The Balaban J connectivity index is 1.72. The predicted octanol–water partition coefficient (Wildman–Crippen LogP) is 3.31. The summed E-state index contributed by atoms with van der Waals surface area (Å²) >= 11 is 0. The molecule has 4 unspecified atom stereocenters. The summed E-state index contributed by atoms with van der Waals surface area (Å²) in [6.07, 6.45) is -1.17. The summed E-state index contributed by atoms with van der Waals surface area (Å²) < 4.78 is 15.6. The first kappa shape index (κ1) is 32.4. The molecule has 45 heavy (non-hydrogen) atoms. The van der Waals surface area contributed by atoms with E-state index in [2.05, 4.69) is 0 Å². The average Bonchev–Trinajstić information content (AvgIpc) is 3.45. The first-order chi connectivity index (χ1) is 21.4. The van der Waals surface area contributed by atoms with E-state index in [0.717, 1.165) is 10.5 Å². The van der Waals surface area contributed by atoms with Crippen molar-refractivity contribution in [2.45, 2.75) is 36.9 Å². The molecule has 4 rings (SSSR count). The second kappa shape index (κ2) is 13.8. The molecule has 4 N–H and O–H groups in total. The highest BCUT2D eigenvalue weighted by Crippen LogP contribution is 2.34. The van der Waals surface area contributed by atoms with E-state index in [4.69, 9.17) is 14.2 Å². The van der Waals surface area contributed by atoms with Crippen molar-refractivity contribution >= 4 is 35.9 Å². The van der Waals surface area contributed by atoms with Gasteiger partial charge in [-0.1, -0.05) is 72.8 Å². The van der Waals surface area contributed by atoms with Gasteiger partial charge in [0.2, 0.25) is 0 Å². The molecular formula is C32H29NO12. The number of hydrogen-bond acceptors (Lipinski definition) is 8. The number of carboxylic acid groups (broad SMARTS) is 4. The van der Waals surface area contributed by atoms with Gasteiger partial charge in [0.15, 0.2) is 12.2 Å². The molecule has 0 radical (unpaired) electrons. The first-order valence-electron chi connectivity index (χ1n) is 13.6. The second-order valence-electron chi connectivity index (χ2n) is 10.0. The summed E-state index contributed by atoms with van der Waals surface area (Å²) in [6.45, 7) is 0.562. The Morgan fingerprint density at radius 1 is 0.800 bits per heavy atom. The molecule has 1 heterocycles. The predicted molar refractivity (Wildman–Crippen MR) is 155 cm³/mol. The summed E-state index contributed by atoms with van der Waals surface area (Å²) in [5.74, 6) is -12.1. The van der Waals surface area contributed by atoms with Crippen LogP contribution in [0, 0.1) is 0 Å². The fourth-order valence-corrected chi connectivity index (χ4v) is 4.80. The lowest BCUT2D eigenvalue weighted by Gasteiger charge is -2.34. The van der Waals surface area contributed by atoms with Gasteiger partial charge in [-0.3, -0.25) is 9.59 Å². The summed E-state index contributed by atoms with van der Waals surface area (Å²) in [6, 6.07) is 23.9. The van der Waals surface area contributed by atoms with Crippen molar-refractivity contribution in [2.75, 3.05) is 6.54 Å². The van der Waals surface area contributed by atoms with Crippen molar-refractivity contribution in [3.63, 3.8) is 0 Å². The topological polar surface area (TPSA) is 197 Å². The maximum absolute atomic E-state index is 13.8. The van der Waals surface area contributed by atoms with Crippen LogP contribution in [0.5, 0.6) is 11.5 Å². The van der Waals surface area contributed by atoms with Crippen molar-refractivity contribution < 1.29 is 58.6 Å². The third-order valence-corrected chi connectivity index (χ3v) is 7.05. The van der Waals surface area contributed by atoms with E-state index in [0.29, 0.717) is 17.1 Å². The molecule has 0 spiro atoms. The lowest BCUT2D eigenvalue weighted by molar-refractivity contribution is -0.221. The Morgan fingerprint density at radius 3 is 1.87 bits per heavy atom. The number of benzene rings is 3. The number of hydrogen-bond donors (Lipinski definition) is 4. The zero-order valence-electron chi connectivity index (χ0n) is 23.8. The third kappa shape index (κ3) is 7.34. The van der Waals surface area contributed by atoms with E-state index in [1.165, 1.54) is 6.92 Å². The van der Waals surface area contributed by atoms with Crippen LogP contribution in [-0.4, -0.2) is 85.7 Å². The number of amides is 1. The maximum Gasteiger partial charge on any atom is 0.377 e. The van der Waals surface area contributed by atoms with E-state index >= 15 is 0 Å². The van der Waals surface area contributed by atoms with E-state index in [-0.39, 0.29) is 0 Å². The van der Waals surface area contributed by atoms with E-state index in [1.807, 2.05) is 48.5 Å². The van der Waals surface area contributed by atoms with Crippen LogP contribution in [-0.2, 0) is 33.4 Å². The van der Waals surface area contributed by atoms with Crippen LogP contribution < -0.4 is 4.74 Å². The lowest BCUT2D eigenvalue weighted by Crippen LogP contribution is -2.53. The Bertz CT molecular complexity index is 1560. The Labute approximate surface area is 256 Å². The van der Waals surface area contributed by atoms with E-state index in [1.54, 1.807) is 48.6 Å². The van der Waals surface area contributed by atoms with Crippen molar-refractivity contribution in [3.8, 4) is 11.5 Å².